The fraction of sp³-hybridized carbons (Fsp3) is 1.00. The molecule has 2 nitrogen and oxygen atoms in total. The minimum atomic E-state index is 0.519. The molecule has 1 rings (SSSR count). The van der Waals surface area contributed by atoms with E-state index in [-0.39, 0.29) is 0 Å². The third-order valence-electron chi connectivity index (χ3n) is 4.47. The van der Waals surface area contributed by atoms with E-state index >= 15 is 0 Å². The van der Waals surface area contributed by atoms with Gasteiger partial charge >= 0.3 is 0 Å². The Labute approximate surface area is 114 Å². The molecule has 0 aliphatic heterocycles. The highest BCUT2D eigenvalue weighted by Crippen LogP contribution is 2.30. The van der Waals surface area contributed by atoms with Gasteiger partial charge in [0.15, 0.2) is 0 Å². The Bertz CT molecular complexity index is 207. The number of ether oxygens (including phenoxy) is 1. The highest BCUT2D eigenvalue weighted by molar-refractivity contribution is 4.82. The van der Waals surface area contributed by atoms with Crippen molar-refractivity contribution in [2.75, 3.05) is 13.2 Å². The largest absolute Gasteiger partial charge is 0.380 e. The van der Waals surface area contributed by atoms with Gasteiger partial charge in [-0.25, -0.2) is 0 Å². The van der Waals surface area contributed by atoms with Gasteiger partial charge in [0.25, 0.3) is 0 Å². The number of nitrogens with one attached hydrogen (secondary N) is 1. The topological polar surface area (TPSA) is 21.3 Å². The summed E-state index contributed by atoms with van der Waals surface area (Å²) in [4.78, 5) is 0. The predicted molar refractivity (Wildman–Crippen MR) is 78.8 cm³/mol. The van der Waals surface area contributed by atoms with E-state index in [9.17, 15) is 0 Å². The second-order valence-electron chi connectivity index (χ2n) is 6.53. The normalized spacial score (nSPS) is 26.8. The van der Waals surface area contributed by atoms with Crippen molar-refractivity contribution in [2.45, 2.75) is 72.4 Å². The average molecular weight is 255 g/mol. The van der Waals surface area contributed by atoms with Gasteiger partial charge in [0, 0.05) is 18.7 Å². The summed E-state index contributed by atoms with van der Waals surface area (Å²) in [6.07, 6.45) is 5.49. The van der Waals surface area contributed by atoms with Crippen LogP contribution in [0.25, 0.3) is 0 Å². The summed E-state index contributed by atoms with van der Waals surface area (Å²) < 4.78 is 5.60. The molecule has 1 N–H and O–H groups in total. The van der Waals surface area contributed by atoms with Crippen LogP contribution in [-0.2, 0) is 4.74 Å². The number of hydrogen-bond acceptors (Lipinski definition) is 2. The molecule has 2 heteroatoms. The summed E-state index contributed by atoms with van der Waals surface area (Å²) in [5.74, 6) is 2.46. The molecule has 0 spiro atoms. The van der Waals surface area contributed by atoms with Crippen molar-refractivity contribution in [1.82, 2.24) is 5.32 Å². The van der Waals surface area contributed by atoms with Crippen molar-refractivity contribution >= 4 is 0 Å². The van der Waals surface area contributed by atoms with E-state index in [4.69, 9.17) is 4.74 Å². The first-order chi connectivity index (χ1) is 8.54. The van der Waals surface area contributed by atoms with E-state index in [0.29, 0.717) is 18.0 Å². The molecule has 0 amide bonds. The zero-order valence-electron chi connectivity index (χ0n) is 13.0. The van der Waals surface area contributed by atoms with Crippen molar-refractivity contribution in [1.29, 1.82) is 0 Å². The third-order valence-corrected chi connectivity index (χ3v) is 4.47. The number of hydrogen-bond donors (Lipinski definition) is 1. The molecule has 0 heterocycles. The maximum Gasteiger partial charge on any atom is 0.0622 e. The molecule has 1 atom stereocenters. The molecule has 0 saturated heterocycles. The van der Waals surface area contributed by atoms with E-state index in [1.807, 2.05) is 0 Å². The fourth-order valence-electron chi connectivity index (χ4n) is 2.93. The summed E-state index contributed by atoms with van der Waals surface area (Å²) >= 11 is 0. The molecule has 108 valence electrons. The minimum absolute atomic E-state index is 0.519. The standard InChI is InChI=1S/C16H33NO/c1-6-18-11-16(13(4)5)17-15-9-7-14(8-10-15)12(2)3/h12-17H,6-11H2,1-5H3. The highest BCUT2D eigenvalue weighted by atomic mass is 16.5. The smallest absolute Gasteiger partial charge is 0.0622 e. The maximum absolute atomic E-state index is 5.60. The van der Waals surface area contributed by atoms with Gasteiger partial charge in [0.05, 0.1) is 6.61 Å². The van der Waals surface area contributed by atoms with Crippen LogP contribution in [0.1, 0.15) is 60.3 Å². The van der Waals surface area contributed by atoms with Crippen LogP contribution in [-0.4, -0.2) is 25.3 Å². The molecule has 0 aromatic heterocycles. The van der Waals surface area contributed by atoms with E-state index < -0.39 is 0 Å². The van der Waals surface area contributed by atoms with Crippen molar-refractivity contribution in [3.8, 4) is 0 Å². The van der Waals surface area contributed by atoms with E-state index in [1.165, 1.54) is 25.7 Å². The molecule has 1 aliphatic carbocycles. The van der Waals surface area contributed by atoms with Crippen LogP contribution >= 0.6 is 0 Å². The van der Waals surface area contributed by atoms with Crippen LogP contribution in [0.2, 0.25) is 0 Å². The molecule has 0 radical (unpaired) electrons. The van der Waals surface area contributed by atoms with Crippen LogP contribution in [0.3, 0.4) is 0 Å². The summed E-state index contributed by atoms with van der Waals surface area (Å²) in [5.41, 5.74) is 0. The van der Waals surface area contributed by atoms with Gasteiger partial charge in [-0.05, 0) is 50.4 Å². The summed E-state index contributed by atoms with van der Waals surface area (Å²) in [6.45, 7) is 13.1. The van der Waals surface area contributed by atoms with Gasteiger partial charge < -0.3 is 10.1 Å². The van der Waals surface area contributed by atoms with Crippen molar-refractivity contribution in [3.05, 3.63) is 0 Å². The Morgan fingerprint density at radius 2 is 1.67 bits per heavy atom. The predicted octanol–water partition coefficient (Wildman–Crippen LogP) is 3.85. The van der Waals surface area contributed by atoms with Crippen molar-refractivity contribution in [3.63, 3.8) is 0 Å². The summed E-state index contributed by atoms with van der Waals surface area (Å²) in [7, 11) is 0. The summed E-state index contributed by atoms with van der Waals surface area (Å²) in [5, 5.41) is 3.82. The van der Waals surface area contributed by atoms with E-state index in [1.54, 1.807) is 0 Å². The molecule has 1 fully saturated rings. The lowest BCUT2D eigenvalue weighted by Gasteiger charge is -2.35. The minimum Gasteiger partial charge on any atom is -0.380 e. The maximum atomic E-state index is 5.60. The zero-order valence-corrected chi connectivity index (χ0v) is 13.0. The molecule has 1 unspecified atom stereocenters. The van der Waals surface area contributed by atoms with E-state index in [0.717, 1.165) is 25.0 Å². The van der Waals surface area contributed by atoms with Crippen LogP contribution in [0.5, 0.6) is 0 Å². The number of rotatable bonds is 7. The Morgan fingerprint density at radius 3 is 2.11 bits per heavy atom. The monoisotopic (exact) mass is 255 g/mol. The Hall–Kier alpha value is -0.0800. The van der Waals surface area contributed by atoms with Crippen LogP contribution in [0, 0.1) is 17.8 Å². The Morgan fingerprint density at radius 1 is 1.06 bits per heavy atom. The molecule has 1 saturated carbocycles. The van der Waals surface area contributed by atoms with Gasteiger partial charge in [-0.1, -0.05) is 27.7 Å². The quantitative estimate of drug-likeness (QED) is 0.746. The van der Waals surface area contributed by atoms with Gasteiger partial charge in [0.1, 0.15) is 0 Å². The SMILES string of the molecule is CCOCC(NC1CCC(C(C)C)CC1)C(C)C. The van der Waals surface area contributed by atoms with Crippen LogP contribution in [0.15, 0.2) is 0 Å². The van der Waals surface area contributed by atoms with Gasteiger partial charge in [-0.2, -0.15) is 0 Å². The molecule has 1 aliphatic rings. The molecule has 0 aromatic carbocycles. The first kappa shape index (κ1) is 16.0. The molecule has 18 heavy (non-hydrogen) atoms. The highest BCUT2D eigenvalue weighted by Gasteiger charge is 2.25. The molecular formula is C16H33NO. The van der Waals surface area contributed by atoms with Crippen molar-refractivity contribution < 1.29 is 4.74 Å². The lowest BCUT2D eigenvalue weighted by molar-refractivity contribution is 0.0970. The second-order valence-corrected chi connectivity index (χ2v) is 6.53. The lowest BCUT2D eigenvalue weighted by Crippen LogP contribution is -2.46. The lowest BCUT2D eigenvalue weighted by atomic mass is 9.79. The van der Waals surface area contributed by atoms with Gasteiger partial charge in [-0.15, -0.1) is 0 Å². The third kappa shape index (κ3) is 5.27. The summed E-state index contributed by atoms with van der Waals surface area (Å²) in [6, 6.07) is 1.23. The first-order valence-corrected chi connectivity index (χ1v) is 7.88. The van der Waals surface area contributed by atoms with E-state index in [2.05, 4.69) is 39.9 Å². The fourth-order valence-corrected chi connectivity index (χ4v) is 2.93. The Balaban J connectivity index is 2.32. The molecule has 0 bridgehead atoms. The zero-order chi connectivity index (χ0) is 13.5. The average Bonchev–Trinajstić information content (AvgIpc) is 2.34. The van der Waals surface area contributed by atoms with Crippen molar-refractivity contribution in [2.24, 2.45) is 17.8 Å². The molecule has 0 aromatic rings. The van der Waals surface area contributed by atoms with Crippen LogP contribution < -0.4 is 5.32 Å². The Kier molecular flexibility index (Phi) is 7.25. The van der Waals surface area contributed by atoms with Gasteiger partial charge in [-0.3, -0.25) is 0 Å². The van der Waals surface area contributed by atoms with Crippen LogP contribution in [0.4, 0.5) is 0 Å². The van der Waals surface area contributed by atoms with Gasteiger partial charge in [0.2, 0.25) is 0 Å². The molecular weight excluding hydrogens is 222 g/mol. The first-order valence-electron chi connectivity index (χ1n) is 7.88. The second kappa shape index (κ2) is 8.16.